The van der Waals surface area contributed by atoms with Gasteiger partial charge in [-0.25, -0.2) is 0 Å². The molecule has 0 aromatic heterocycles. The first-order valence-electron chi connectivity index (χ1n) is 6.64. The second-order valence-corrected chi connectivity index (χ2v) is 5.70. The fourth-order valence-electron chi connectivity index (χ4n) is 2.96. The molecule has 17 heavy (non-hydrogen) atoms. The molecule has 0 saturated carbocycles. The van der Waals surface area contributed by atoms with Gasteiger partial charge in [-0.05, 0) is 57.7 Å². The summed E-state index contributed by atoms with van der Waals surface area (Å²) < 4.78 is 0. The molecule has 1 heterocycles. The minimum Gasteiger partial charge on any atom is -0.366 e. The minimum absolute atomic E-state index is 0.236. The van der Waals surface area contributed by atoms with Gasteiger partial charge < -0.3 is 10.6 Å². The van der Waals surface area contributed by atoms with Crippen LogP contribution in [-0.2, 0) is 12.8 Å². The topological polar surface area (TPSA) is 29.3 Å². The SMILES string of the molecule is CC(N)Cc1ccc2c(c1)N(C(C)C)C(C)C2. The molecule has 2 nitrogen and oxygen atoms in total. The summed E-state index contributed by atoms with van der Waals surface area (Å²) in [7, 11) is 0. The molecular weight excluding hydrogens is 208 g/mol. The van der Waals surface area contributed by atoms with E-state index in [-0.39, 0.29) is 6.04 Å². The Labute approximate surface area is 105 Å². The third-order valence-electron chi connectivity index (χ3n) is 3.53. The Kier molecular flexibility index (Phi) is 3.43. The van der Waals surface area contributed by atoms with Crippen molar-refractivity contribution in [3.63, 3.8) is 0 Å². The molecule has 2 rings (SSSR count). The maximum absolute atomic E-state index is 5.88. The van der Waals surface area contributed by atoms with Crippen molar-refractivity contribution in [2.75, 3.05) is 4.90 Å². The molecule has 1 aromatic carbocycles. The van der Waals surface area contributed by atoms with Crippen LogP contribution in [0.25, 0.3) is 0 Å². The molecule has 2 atom stereocenters. The first kappa shape index (κ1) is 12.4. The van der Waals surface area contributed by atoms with Gasteiger partial charge in [0.15, 0.2) is 0 Å². The molecule has 0 saturated heterocycles. The van der Waals surface area contributed by atoms with E-state index in [0.29, 0.717) is 12.1 Å². The fourth-order valence-corrected chi connectivity index (χ4v) is 2.96. The van der Waals surface area contributed by atoms with Crippen LogP contribution < -0.4 is 10.6 Å². The van der Waals surface area contributed by atoms with Crippen LogP contribution in [0.1, 0.15) is 38.8 Å². The molecule has 0 fully saturated rings. The third kappa shape index (κ3) is 2.47. The van der Waals surface area contributed by atoms with Crippen molar-refractivity contribution < 1.29 is 0 Å². The van der Waals surface area contributed by atoms with Crippen molar-refractivity contribution in [3.05, 3.63) is 29.3 Å². The largest absolute Gasteiger partial charge is 0.366 e. The van der Waals surface area contributed by atoms with Crippen LogP contribution in [0.2, 0.25) is 0 Å². The van der Waals surface area contributed by atoms with Gasteiger partial charge in [0.2, 0.25) is 0 Å². The zero-order valence-electron chi connectivity index (χ0n) is 11.4. The number of hydrogen-bond acceptors (Lipinski definition) is 2. The molecule has 2 N–H and O–H groups in total. The van der Waals surface area contributed by atoms with E-state index in [1.165, 1.54) is 23.2 Å². The monoisotopic (exact) mass is 232 g/mol. The van der Waals surface area contributed by atoms with Crippen LogP contribution in [0.15, 0.2) is 18.2 Å². The van der Waals surface area contributed by atoms with Crippen LogP contribution >= 0.6 is 0 Å². The minimum atomic E-state index is 0.236. The van der Waals surface area contributed by atoms with Crippen molar-refractivity contribution >= 4 is 5.69 Å². The van der Waals surface area contributed by atoms with E-state index >= 15 is 0 Å². The number of hydrogen-bond donors (Lipinski definition) is 1. The fraction of sp³-hybridized carbons (Fsp3) is 0.600. The standard InChI is InChI=1S/C15H24N2/c1-10(2)17-12(4)8-14-6-5-13(7-11(3)16)9-15(14)17/h5-6,9-12H,7-8,16H2,1-4H3. The highest BCUT2D eigenvalue weighted by atomic mass is 15.2. The number of fused-ring (bicyclic) bond motifs is 1. The maximum atomic E-state index is 5.88. The first-order valence-corrected chi connectivity index (χ1v) is 6.64. The molecule has 2 heteroatoms. The van der Waals surface area contributed by atoms with E-state index < -0.39 is 0 Å². The maximum Gasteiger partial charge on any atom is 0.0407 e. The summed E-state index contributed by atoms with van der Waals surface area (Å²) in [5.41, 5.74) is 10.1. The number of nitrogens with zero attached hydrogens (tertiary/aromatic N) is 1. The zero-order chi connectivity index (χ0) is 12.6. The van der Waals surface area contributed by atoms with Crippen molar-refractivity contribution in [2.45, 2.75) is 58.7 Å². The van der Waals surface area contributed by atoms with E-state index in [9.17, 15) is 0 Å². The van der Waals surface area contributed by atoms with Crippen LogP contribution in [0.4, 0.5) is 5.69 Å². The van der Waals surface area contributed by atoms with E-state index in [0.717, 1.165) is 6.42 Å². The summed E-state index contributed by atoms with van der Waals surface area (Å²) in [5, 5.41) is 0. The molecule has 1 aliphatic rings. The molecule has 1 aliphatic heterocycles. The van der Waals surface area contributed by atoms with Gasteiger partial charge in [0.05, 0.1) is 0 Å². The van der Waals surface area contributed by atoms with E-state index in [1.807, 2.05) is 0 Å². The lowest BCUT2D eigenvalue weighted by molar-refractivity contribution is 0.605. The van der Waals surface area contributed by atoms with E-state index in [1.54, 1.807) is 0 Å². The lowest BCUT2D eigenvalue weighted by Gasteiger charge is -2.29. The normalized spacial score (nSPS) is 20.8. The average molecular weight is 232 g/mol. The molecule has 0 radical (unpaired) electrons. The van der Waals surface area contributed by atoms with E-state index in [2.05, 4.69) is 50.8 Å². The molecule has 94 valence electrons. The summed E-state index contributed by atoms with van der Waals surface area (Å²) in [6.07, 6.45) is 2.14. The molecule has 2 unspecified atom stereocenters. The van der Waals surface area contributed by atoms with Crippen LogP contribution in [0, 0.1) is 0 Å². The molecule has 0 aliphatic carbocycles. The second kappa shape index (κ2) is 4.69. The lowest BCUT2D eigenvalue weighted by atomic mass is 10.0. The molecule has 0 amide bonds. The average Bonchev–Trinajstić information content (AvgIpc) is 2.52. The summed E-state index contributed by atoms with van der Waals surface area (Å²) in [6, 6.07) is 8.28. The summed E-state index contributed by atoms with van der Waals surface area (Å²) in [5.74, 6) is 0. The number of anilines is 1. The van der Waals surface area contributed by atoms with Gasteiger partial charge in [-0.1, -0.05) is 12.1 Å². The Balaban J connectivity index is 2.31. The highest BCUT2D eigenvalue weighted by Crippen LogP contribution is 2.34. The highest BCUT2D eigenvalue weighted by Gasteiger charge is 2.27. The quantitative estimate of drug-likeness (QED) is 0.868. The van der Waals surface area contributed by atoms with Crippen molar-refractivity contribution in [1.82, 2.24) is 0 Å². The molecule has 0 spiro atoms. The predicted octanol–water partition coefficient (Wildman–Crippen LogP) is 2.74. The van der Waals surface area contributed by atoms with Crippen LogP contribution in [0.3, 0.4) is 0 Å². The predicted molar refractivity (Wildman–Crippen MR) is 74.6 cm³/mol. The number of rotatable bonds is 3. The second-order valence-electron chi connectivity index (χ2n) is 5.70. The van der Waals surface area contributed by atoms with Crippen molar-refractivity contribution in [1.29, 1.82) is 0 Å². The van der Waals surface area contributed by atoms with Gasteiger partial charge in [-0.2, -0.15) is 0 Å². The Morgan fingerprint density at radius 1 is 1.35 bits per heavy atom. The molecular formula is C15H24N2. The van der Waals surface area contributed by atoms with Gasteiger partial charge in [0.1, 0.15) is 0 Å². The molecule has 0 bridgehead atoms. The number of nitrogens with two attached hydrogens (primary N) is 1. The van der Waals surface area contributed by atoms with Gasteiger partial charge in [-0.15, -0.1) is 0 Å². The Morgan fingerprint density at radius 2 is 2.06 bits per heavy atom. The van der Waals surface area contributed by atoms with Crippen LogP contribution in [0.5, 0.6) is 0 Å². The summed E-state index contributed by atoms with van der Waals surface area (Å²) >= 11 is 0. The number of benzene rings is 1. The Morgan fingerprint density at radius 3 is 2.65 bits per heavy atom. The third-order valence-corrected chi connectivity index (χ3v) is 3.53. The zero-order valence-corrected chi connectivity index (χ0v) is 11.4. The van der Waals surface area contributed by atoms with E-state index in [4.69, 9.17) is 5.73 Å². The van der Waals surface area contributed by atoms with Crippen molar-refractivity contribution in [3.8, 4) is 0 Å². The Bertz CT molecular complexity index is 396. The molecule has 1 aromatic rings. The van der Waals surface area contributed by atoms with Gasteiger partial charge in [0, 0.05) is 23.8 Å². The van der Waals surface area contributed by atoms with Gasteiger partial charge >= 0.3 is 0 Å². The lowest BCUT2D eigenvalue weighted by Crippen LogP contribution is -2.35. The smallest absolute Gasteiger partial charge is 0.0407 e. The Hall–Kier alpha value is -1.02. The van der Waals surface area contributed by atoms with Crippen molar-refractivity contribution in [2.24, 2.45) is 5.73 Å². The summed E-state index contributed by atoms with van der Waals surface area (Å²) in [6.45, 7) is 8.91. The van der Waals surface area contributed by atoms with Gasteiger partial charge in [0.25, 0.3) is 0 Å². The summed E-state index contributed by atoms with van der Waals surface area (Å²) in [4.78, 5) is 2.53. The van der Waals surface area contributed by atoms with Crippen LogP contribution in [-0.4, -0.2) is 18.1 Å². The first-order chi connectivity index (χ1) is 7.99. The van der Waals surface area contributed by atoms with Gasteiger partial charge in [-0.3, -0.25) is 0 Å². The highest BCUT2D eigenvalue weighted by molar-refractivity contribution is 5.61.